The lowest BCUT2D eigenvalue weighted by molar-refractivity contribution is 0.102. The number of aromatic amines is 1. The van der Waals surface area contributed by atoms with Crippen molar-refractivity contribution < 1.29 is 4.79 Å². The van der Waals surface area contributed by atoms with Crippen molar-refractivity contribution in [3.63, 3.8) is 0 Å². The van der Waals surface area contributed by atoms with Crippen molar-refractivity contribution in [2.75, 3.05) is 26.4 Å². The highest BCUT2D eigenvalue weighted by molar-refractivity contribution is 7.99. The maximum Gasteiger partial charge on any atom is 0.209 e. The van der Waals surface area contributed by atoms with E-state index in [0.717, 1.165) is 23.5 Å². The van der Waals surface area contributed by atoms with Crippen LogP contribution in [0.2, 0.25) is 0 Å². The molecule has 0 spiro atoms. The minimum Gasteiger partial charge on any atom is -0.362 e. The van der Waals surface area contributed by atoms with Crippen LogP contribution in [0.3, 0.4) is 0 Å². The zero-order valence-electron chi connectivity index (χ0n) is 12.8. The molecular formula is C13H20N6OS. The number of hydrogen-bond donors (Lipinski definition) is 1. The van der Waals surface area contributed by atoms with Crippen LogP contribution in [0.15, 0.2) is 11.2 Å². The third kappa shape index (κ3) is 4.15. The minimum absolute atomic E-state index is 0.0870. The van der Waals surface area contributed by atoms with Gasteiger partial charge >= 0.3 is 0 Å². The Hall–Kier alpha value is -1.67. The van der Waals surface area contributed by atoms with Crippen molar-refractivity contribution in [1.29, 1.82) is 0 Å². The van der Waals surface area contributed by atoms with Gasteiger partial charge in [-0.15, -0.1) is 5.10 Å². The van der Waals surface area contributed by atoms with Gasteiger partial charge in [-0.25, -0.2) is 4.68 Å². The van der Waals surface area contributed by atoms with Gasteiger partial charge < -0.3 is 9.88 Å². The van der Waals surface area contributed by atoms with Gasteiger partial charge in [0.15, 0.2) is 5.78 Å². The van der Waals surface area contributed by atoms with Crippen LogP contribution in [0.4, 0.5) is 0 Å². The molecule has 0 aliphatic rings. The molecule has 0 aromatic carbocycles. The number of thioether (sulfide) groups is 1. The fourth-order valence-electron chi connectivity index (χ4n) is 1.96. The van der Waals surface area contributed by atoms with E-state index in [0.29, 0.717) is 17.5 Å². The second kappa shape index (κ2) is 6.86. The van der Waals surface area contributed by atoms with E-state index in [1.807, 2.05) is 34.0 Å². The number of ketones is 1. The number of carbonyl (C=O) groups is 1. The fourth-order valence-corrected chi connectivity index (χ4v) is 2.74. The first-order valence-corrected chi connectivity index (χ1v) is 7.69. The Morgan fingerprint density at radius 3 is 2.81 bits per heavy atom. The first-order valence-electron chi connectivity index (χ1n) is 6.70. The van der Waals surface area contributed by atoms with Gasteiger partial charge in [0.2, 0.25) is 5.16 Å². The Morgan fingerprint density at radius 1 is 1.43 bits per heavy atom. The van der Waals surface area contributed by atoms with Crippen LogP contribution in [0, 0.1) is 13.8 Å². The zero-order valence-corrected chi connectivity index (χ0v) is 13.6. The summed E-state index contributed by atoms with van der Waals surface area (Å²) in [5.41, 5.74) is 2.65. The third-order valence-electron chi connectivity index (χ3n) is 3.04. The summed E-state index contributed by atoms with van der Waals surface area (Å²) in [6, 6.07) is 1.88. The minimum atomic E-state index is 0.0870. The van der Waals surface area contributed by atoms with Crippen LogP contribution in [0.1, 0.15) is 21.7 Å². The maximum absolute atomic E-state index is 12.2. The third-order valence-corrected chi connectivity index (χ3v) is 4.00. The van der Waals surface area contributed by atoms with E-state index in [9.17, 15) is 4.79 Å². The average molecular weight is 308 g/mol. The standard InChI is InChI=1S/C13H20N6OS/c1-9-7-11(10(2)14-9)12(20)8-21-13-15-16-17-19(13)6-5-18(3)4/h7,14H,5-6,8H2,1-4H3. The monoisotopic (exact) mass is 308 g/mol. The van der Waals surface area contributed by atoms with E-state index in [-0.39, 0.29) is 5.78 Å². The molecule has 2 rings (SSSR count). The van der Waals surface area contributed by atoms with Gasteiger partial charge in [0.25, 0.3) is 0 Å². The van der Waals surface area contributed by atoms with Crippen molar-refractivity contribution in [2.45, 2.75) is 25.5 Å². The van der Waals surface area contributed by atoms with Gasteiger partial charge in [-0.1, -0.05) is 11.8 Å². The molecule has 0 saturated heterocycles. The Labute approximate surface area is 128 Å². The molecule has 0 amide bonds. The molecule has 0 aliphatic carbocycles. The smallest absolute Gasteiger partial charge is 0.209 e. The van der Waals surface area contributed by atoms with Gasteiger partial charge in [0, 0.05) is 23.5 Å². The Morgan fingerprint density at radius 2 is 2.19 bits per heavy atom. The second-order valence-electron chi connectivity index (χ2n) is 5.19. The van der Waals surface area contributed by atoms with Crippen molar-refractivity contribution in [3.8, 4) is 0 Å². The first-order chi connectivity index (χ1) is 9.97. The molecule has 0 fully saturated rings. The van der Waals surface area contributed by atoms with Gasteiger partial charge in [-0.05, 0) is 44.4 Å². The topological polar surface area (TPSA) is 79.7 Å². The molecular weight excluding hydrogens is 288 g/mol. The molecule has 8 heteroatoms. The summed E-state index contributed by atoms with van der Waals surface area (Å²) in [7, 11) is 4.00. The van der Waals surface area contributed by atoms with E-state index in [1.54, 1.807) is 4.68 Å². The summed E-state index contributed by atoms with van der Waals surface area (Å²) in [4.78, 5) is 17.4. The SMILES string of the molecule is Cc1cc(C(=O)CSc2nnnn2CCN(C)C)c(C)[nH]1. The lowest BCUT2D eigenvalue weighted by Crippen LogP contribution is -2.19. The Balaban J connectivity index is 1.95. The number of nitrogens with zero attached hydrogens (tertiary/aromatic N) is 5. The number of carbonyl (C=O) groups excluding carboxylic acids is 1. The Bertz CT molecular complexity index is 618. The normalized spacial score (nSPS) is 11.3. The van der Waals surface area contributed by atoms with E-state index in [2.05, 4.69) is 25.4 Å². The van der Waals surface area contributed by atoms with Crippen molar-refractivity contribution >= 4 is 17.5 Å². The van der Waals surface area contributed by atoms with E-state index < -0.39 is 0 Å². The van der Waals surface area contributed by atoms with E-state index >= 15 is 0 Å². The molecule has 0 bridgehead atoms. The molecule has 21 heavy (non-hydrogen) atoms. The molecule has 0 saturated carbocycles. The number of H-pyrrole nitrogens is 1. The number of tetrazole rings is 1. The van der Waals surface area contributed by atoms with Gasteiger partial charge in [-0.2, -0.15) is 0 Å². The predicted octanol–water partition coefficient (Wildman–Crippen LogP) is 1.15. The molecule has 1 N–H and O–H groups in total. The van der Waals surface area contributed by atoms with Crippen LogP contribution < -0.4 is 0 Å². The highest BCUT2D eigenvalue weighted by Crippen LogP contribution is 2.18. The molecule has 114 valence electrons. The fraction of sp³-hybridized carbons (Fsp3) is 0.538. The van der Waals surface area contributed by atoms with Gasteiger partial charge in [-0.3, -0.25) is 4.79 Å². The van der Waals surface area contributed by atoms with E-state index in [4.69, 9.17) is 0 Å². The summed E-state index contributed by atoms with van der Waals surface area (Å²) >= 11 is 1.37. The summed E-state index contributed by atoms with van der Waals surface area (Å²) in [6.45, 7) is 5.41. The average Bonchev–Trinajstić information content (AvgIpc) is 2.99. The molecule has 7 nitrogen and oxygen atoms in total. The number of likely N-dealkylation sites (N-methyl/N-ethyl adjacent to an activating group) is 1. The van der Waals surface area contributed by atoms with Gasteiger partial charge in [0.05, 0.1) is 12.3 Å². The lowest BCUT2D eigenvalue weighted by Gasteiger charge is -2.09. The van der Waals surface area contributed by atoms with Crippen LogP contribution >= 0.6 is 11.8 Å². The van der Waals surface area contributed by atoms with Crippen LogP contribution in [-0.2, 0) is 6.54 Å². The molecule has 2 aromatic heterocycles. The number of nitrogens with one attached hydrogen (secondary N) is 1. The van der Waals surface area contributed by atoms with Crippen molar-refractivity contribution in [3.05, 3.63) is 23.0 Å². The van der Waals surface area contributed by atoms with Crippen LogP contribution in [0.5, 0.6) is 0 Å². The molecule has 0 atom stereocenters. The summed E-state index contributed by atoms with van der Waals surface area (Å²) in [5, 5.41) is 12.3. The number of aryl methyl sites for hydroxylation is 2. The summed E-state index contributed by atoms with van der Waals surface area (Å²) in [6.07, 6.45) is 0. The molecule has 2 aromatic rings. The highest BCUT2D eigenvalue weighted by Gasteiger charge is 2.14. The van der Waals surface area contributed by atoms with Crippen LogP contribution in [0.25, 0.3) is 0 Å². The number of rotatable bonds is 7. The van der Waals surface area contributed by atoms with Crippen molar-refractivity contribution in [1.82, 2.24) is 30.1 Å². The maximum atomic E-state index is 12.2. The van der Waals surface area contributed by atoms with E-state index in [1.165, 1.54) is 11.8 Å². The largest absolute Gasteiger partial charge is 0.362 e. The first kappa shape index (κ1) is 15.7. The van der Waals surface area contributed by atoms with Crippen LogP contribution in [-0.4, -0.2) is 62.3 Å². The molecule has 0 radical (unpaired) electrons. The summed E-state index contributed by atoms with van der Waals surface area (Å²) in [5.74, 6) is 0.421. The number of hydrogen-bond acceptors (Lipinski definition) is 6. The Kier molecular flexibility index (Phi) is 5.13. The molecule has 2 heterocycles. The second-order valence-corrected chi connectivity index (χ2v) is 6.13. The quantitative estimate of drug-likeness (QED) is 0.610. The number of aromatic nitrogens is 5. The summed E-state index contributed by atoms with van der Waals surface area (Å²) < 4.78 is 1.73. The highest BCUT2D eigenvalue weighted by atomic mass is 32.2. The predicted molar refractivity (Wildman–Crippen MR) is 81.7 cm³/mol. The molecule has 0 aliphatic heterocycles. The zero-order chi connectivity index (χ0) is 15.4. The lowest BCUT2D eigenvalue weighted by atomic mass is 10.2. The number of Topliss-reactive ketones (excluding diaryl/α,β-unsaturated/α-hetero) is 1. The van der Waals surface area contributed by atoms with Crippen molar-refractivity contribution in [2.24, 2.45) is 0 Å². The molecule has 0 unspecified atom stereocenters. The van der Waals surface area contributed by atoms with Gasteiger partial charge in [0.1, 0.15) is 0 Å².